The summed E-state index contributed by atoms with van der Waals surface area (Å²) in [6.07, 6.45) is -3.59. The van der Waals surface area contributed by atoms with E-state index in [2.05, 4.69) is 15.6 Å². The van der Waals surface area contributed by atoms with Gasteiger partial charge in [0.2, 0.25) is 0 Å². The first-order chi connectivity index (χ1) is 11.3. The van der Waals surface area contributed by atoms with Gasteiger partial charge in [-0.15, -0.1) is 24.0 Å². The molecular weight excluding hydrogens is 466 g/mol. The summed E-state index contributed by atoms with van der Waals surface area (Å²) >= 11 is 1.72. The lowest BCUT2D eigenvalue weighted by Crippen LogP contribution is -2.47. The molecule has 3 N–H and O–H groups in total. The normalized spacial score (nSPS) is 20.9. The van der Waals surface area contributed by atoms with E-state index in [1.165, 1.54) is 12.1 Å². The zero-order valence-electron chi connectivity index (χ0n) is 13.9. The van der Waals surface area contributed by atoms with Crippen LogP contribution in [0.5, 0.6) is 0 Å². The maximum Gasteiger partial charge on any atom is 0.416 e. The van der Waals surface area contributed by atoms with Gasteiger partial charge in [-0.1, -0.05) is 12.1 Å². The highest BCUT2D eigenvalue weighted by molar-refractivity contribution is 14.0. The van der Waals surface area contributed by atoms with Gasteiger partial charge in [0.15, 0.2) is 5.96 Å². The monoisotopic (exact) mass is 489 g/mol. The molecule has 1 atom stereocenters. The zero-order valence-corrected chi connectivity index (χ0v) is 17.0. The molecule has 0 radical (unpaired) electrons. The molecule has 142 valence electrons. The Balaban J connectivity index is 0.00000312. The summed E-state index contributed by atoms with van der Waals surface area (Å²) in [5.41, 5.74) is -0.702. The minimum Gasteiger partial charge on any atom is -0.387 e. The second-order valence-corrected chi connectivity index (χ2v) is 6.88. The van der Waals surface area contributed by atoms with E-state index >= 15 is 0 Å². The second kappa shape index (κ2) is 9.86. The van der Waals surface area contributed by atoms with Crippen LogP contribution < -0.4 is 10.6 Å². The Kier molecular flexibility index (Phi) is 8.82. The highest BCUT2D eigenvalue weighted by Crippen LogP contribution is 2.29. The van der Waals surface area contributed by atoms with Crippen molar-refractivity contribution in [2.24, 2.45) is 4.99 Å². The molecule has 1 unspecified atom stereocenters. The van der Waals surface area contributed by atoms with Crippen LogP contribution in [0.15, 0.2) is 29.3 Å². The fourth-order valence-electron chi connectivity index (χ4n) is 2.30. The Morgan fingerprint density at radius 2 is 1.96 bits per heavy atom. The standard InChI is InChI=1S/C16H22F3N3OS.HI/c1-2-20-14(22-10-15(23)7-8-24-11-15)21-9-12-3-5-13(6-4-12)16(17,18)19;/h3-6,23H,2,7-11H2,1H3,(H2,20,21,22);1H. The predicted molar refractivity (Wildman–Crippen MR) is 107 cm³/mol. The van der Waals surface area contributed by atoms with Gasteiger partial charge in [-0.05, 0) is 36.8 Å². The first kappa shape index (κ1) is 22.4. The number of aliphatic imine (C=N–C) groups is 1. The molecule has 1 saturated heterocycles. The average Bonchev–Trinajstić information content (AvgIpc) is 2.97. The van der Waals surface area contributed by atoms with Crippen molar-refractivity contribution in [3.8, 4) is 0 Å². The zero-order chi connectivity index (χ0) is 17.6. The van der Waals surface area contributed by atoms with Crippen molar-refractivity contribution in [3.63, 3.8) is 0 Å². The molecule has 0 bridgehead atoms. The molecule has 4 nitrogen and oxygen atoms in total. The van der Waals surface area contributed by atoms with E-state index in [0.717, 1.165) is 24.3 Å². The minimum atomic E-state index is -4.33. The maximum atomic E-state index is 12.5. The van der Waals surface area contributed by atoms with E-state index in [4.69, 9.17) is 0 Å². The second-order valence-electron chi connectivity index (χ2n) is 5.77. The smallest absolute Gasteiger partial charge is 0.387 e. The Morgan fingerprint density at radius 3 is 2.48 bits per heavy atom. The van der Waals surface area contributed by atoms with Gasteiger partial charge in [0.1, 0.15) is 0 Å². The van der Waals surface area contributed by atoms with Crippen LogP contribution in [-0.2, 0) is 12.7 Å². The van der Waals surface area contributed by atoms with Crippen molar-refractivity contribution in [1.29, 1.82) is 0 Å². The van der Waals surface area contributed by atoms with Crippen molar-refractivity contribution >= 4 is 41.7 Å². The molecule has 1 heterocycles. The topological polar surface area (TPSA) is 56.7 Å². The number of hydrogen-bond acceptors (Lipinski definition) is 3. The third-order valence-corrected chi connectivity index (χ3v) is 4.95. The summed E-state index contributed by atoms with van der Waals surface area (Å²) < 4.78 is 37.6. The van der Waals surface area contributed by atoms with Crippen LogP contribution in [0.4, 0.5) is 13.2 Å². The molecule has 9 heteroatoms. The van der Waals surface area contributed by atoms with E-state index in [9.17, 15) is 18.3 Å². The summed E-state index contributed by atoms with van der Waals surface area (Å²) in [5, 5.41) is 16.5. The Morgan fingerprint density at radius 1 is 1.28 bits per heavy atom. The van der Waals surface area contributed by atoms with Gasteiger partial charge < -0.3 is 15.7 Å². The molecule has 1 aliphatic rings. The van der Waals surface area contributed by atoms with Crippen LogP contribution in [0.1, 0.15) is 24.5 Å². The first-order valence-electron chi connectivity index (χ1n) is 7.81. The summed E-state index contributed by atoms with van der Waals surface area (Å²) in [5.74, 6) is 2.18. The van der Waals surface area contributed by atoms with Gasteiger partial charge in [-0.25, -0.2) is 4.99 Å². The van der Waals surface area contributed by atoms with Crippen LogP contribution in [0.2, 0.25) is 0 Å². The molecule has 1 aromatic rings. The Hall–Kier alpha value is -0.680. The molecule has 1 aromatic carbocycles. The fourth-order valence-corrected chi connectivity index (χ4v) is 3.59. The molecule has 1 aliphatic heterocycles. The lowest BCUT2D eigenvalue weighted by Gasteiger charge is -2.23. The van der Waals surface area contributed by atoms with Crippen LogP contribution in [0.3, 0.4) is 0 Å². The van der Waals surface area contributed by atoms with Crippen LogP contribution in [-0.4, -0.2) is 41.3 Å². The fraction of sp³-hybridized carbons (Fsp3) is 0.562. The van der Waals surface area contributed by atoms with E-state index in [1.54, 1.807) is 11.8 Å². The predicted octanol–water partition coefficient (Wildman–Crippen LogP) is 3.25. The number of nitrogens with zero attached hydrogens (tertiary/aromatic N) is 1. The van der Waals surface area contributed by atoms with Crippen molar-refractivity contribution in [1.82, 2.24) is 10.6 Å². The van der Waals surface area contributed by atoms with E-state index < -0.39 is 17.3 Å². The SMILES string of the molecule is CCNC(=NCc1ccc(C(F)(F)F)cc1)NCC1(O)CCSC1.I. The average molecular weight is 489 g/mol. The largest absolute Gasteiger partial charge is 0.416 e. The molecule has 2 rings (SSSR count). The first-order valence-corrected chi connectivity index (χ1v) is 8.96. The number of hydrogen-bond donors (Lipinski definition) is 3. The molecule has 0 amide bonds. The molecular formula is C16H23F3IN3OS. The van der Waals surface area contributed by atoms with Crippen molar-refractivity contribution in [2.45, 2.75) is 31.7 Å². The van der Waals surface area contributed by atoms with Gasteiger partial charge in [-0.3, -0.25) is 0 Å². The van der Waals surface area contributed by atoms with Crippen molar-refractivity contribution in [3.05, 3.63) is 35.4 Å². The van der Waals surface area contributed by atoms with Gasteiger partial charge in [0, 0.05) is 18.8 Å². The summed E-state index contributed by atoms with van der Waals surface area (Å²) in [7, 11) is 0. The van der Waals surface area contributed by atoms with Crippen LogP contribution in [0, 0.1) is 0 Å². The quantitative estimate of drug-likeness (QED) is 0.338. The van der Waals surface area contributed by atoms with Crippen molar-refractivity contribution in [2.75, 3.05) is 24.6 Å². The third kappa shape index (κ3) is 7.22. The summed E-state index contributed by atoms with van der Waals surface area (Å²) in [6, 6.07) is 4.97. The van der Waals surface area contributed by atoms with Crippen LogP contribution >= 0.6 is 35.7 Å². The van der Waals surface area contributed by atoms with E-state index in [1.807, 2.05) is 6.92 Å². The number of thioether (sulfide) groups is 1. The Bertz CT molecular complexity index is 561. The lowest BCUT2D eigenvalue weighted by atomic mass is 10.0. The van der Waals surface area contributed by atoms with Gasteiger partial charge in [-0.2, -0.15) is 24.9 Å². The number of alkyl halides is 3. The highest BCUT2D eigenvalue weighted by Gasteiger charge is 2.32. The summed E-state index contributed by atoms with van der Waals surface area (Å²) in [4.78, 5) is 4.36. The number of aliphatic hydroxyl groups is 1. The van der Waals surface area contributed by atoms with Gasteiger partial charge in [0.25, 0.3) is 0 Å². The molecule has 0 saturated carbocycles. The third-order valence-electron chi connectivity index (χ3n) is 3.71. The highest BCUT2D eigenvalue weighted by atomic mass is 127. The van der Waals surface area contributed by atoms with E-state index in [0.29, 0.717) is 30.4 Å². The van der Waals surface area contributed by atoms with Crippen molar-refractivity contribution < 1.29 is 18.3 Å². The van der Waals surface area contributed by atoms with E-state index in [-0.39, 0.29) is 30.5 Å². The molecule has 1 fully saturated rings. The number of nitrogens with one attached hydrogen (secondary N) is 2. The Labute approximate surface area is 167 Å². The molecule has 25 heavy (non-hydrogen) atoms. The number of halogens is 4. The minimum absolute atomic E-state index is 0. The molecule has 0 aromatic heterocycles. The molecule has 0 spiro atoms. The maximum absolute atomic E-state index is 12.5. The summed E-state index contributed by atoms with van der Waals surface area (Å²) in [6.45, 7) is 3.25. The molecule has 0 aliphatic carbocycles. The number of rotatable bonds is 5. The van der Waals surface area contributed by atoms with Crippen LogP contribution in [0.25, 0.3) is 0 Å². The van der Waals surface area contributed by atoms with Gasteiger partial charge in [0.05, 0.1) is 17.7 Å². The lowest BCUT2D eigenvalue weighted by molar-refractivity contribution is -0.137. The number of guanidine groups is 1. The number of benzene rings is 1. The van der Waals surface area contributed by atoms with Gasteiger partial charge >= 0.3 is 6.18 Å².